The van der Waals surface area contributed by atoms with Crippen LogP contribution in [0.5, 0.6) is 0 Å². The van der Waals surface area contributed by atoms with Gasteiger partial charge >= 0.3 is 11.9 Å². The number of rotatable bonds is 9. The van der Waals surface area contributed by atoms with Crippen molar-refractivity contribution in [3.05, 3.63) is 137 Å². The number of dihydropyridines is 1. The third-order valence-electron chi connectivity index (χ3n) is 8.14. The van der Waals surface area contributed by atoms with E-state index in [1.54, 1.807) is 31.6 Å². The fourth-order valence-corrected chi connectivity index (χ4v) is 6.01. The average Bonchev–Trinajstić information content (AvgIpc) is 3.45. The summed E-state index contributed by atoms with van der Waals surface area (Å²) in [7, 11) is 0. The number of hydrogen-bond acceptors (Lipinski definition) is 8. The van der Waals surface area contributed by atoms with E-state index in [9.17, 15) is 9.59 Å². The third-order valence-corrected chi connectivity index (χ3v) is 8.14. The summed E-state index contributed by atoms with van der Waals surface area (Å²) in [5, 5.41) is 3.38. The molecule has 1 unspecified atom stereocenters. The third kappa shape index (κ3) is 6.88. The van der Waals surface area contributed by atoms with E-state index < -0.39 is 17.9 Å². The van der Waals surface area contributed by atoms with Gasteiger partial charge in [0.2, 0.25) is 0 Å². The molecule has 2 aromatic carbocycles. The number of nitrogens with zero attached hydrogens (tertiary/aromatic N) is 4. The maximum absolute atomic E-state index is 13.8. The first-order valence-corrected chi connectivity index (χ1v) is 15.8. The van der Waals surface area contributed by atoms with Crippen molar-refractivity contribution in [2.24, 2.45) is 5.92 Å². The molecule has 4 heterocycles. The van der Waals surface area contributed by atoms with E-state index in [1.807, 2.05) is 91.2 Å². The van der Waals surface area contributed by atoms with Crippen LogP contribution in [0.25, 0.3) is 22.5 Å². The van der Waals surface area contributed by atoms with Crippen LogP contribution in [0.4, 0.5) is 0 Å². The summed E-state index contributed by atoms with van der Waals surface area (Å²) >= 11 is 0. The number of carbonyl (C=O) groups excluding carboxylic acids is 2. The molecule has 3 aromatic heterocycles. The minimum atomic E-state index is -0.593. The largest absolute Gasteiger partial charge is 0.463 e. The Morgan fingerprint density at radius 3 is 2.42 bits per heavy atom. The van der Waals surface area contributed by atoms with Gasteiger partial charge in [0.1, 0.15) is 5.82 Å². The van der Waals surface area contributed by atoms with Crippen molar-refractivity contribution in [2.75, 3.05) is 13.2 Å². The van der Waals surface area contributed by atoms with Gasteiger partial charge in [-0.05, 0) is 81.1 Å². The summed E-state index contributed by atoms with van der Waals surface area (Å²) in [6.45, 7) is 5.62. The van der Waals surface area contributed by atoms with E-state index >= 15 is 0 Å². The Morgan fingerprint density at radius 1 is 0.896 bits per heavy atom. The number of benzene rings is 2. The molecule has 1 aliphatic rings. The Morgan fingerprint density at radius 2 is 1.67 bits per heavy atom. The minimum absolute atomic E-state index is 0.111. The van der Waals surface area contributed by atoms with Crippen molar-refractivity contribution in [3.63, 3.8) is 0 Å². The van der Waals surface area contributed by atoms with Crippen molar-refractivity contribution in [3.8, 4) is 17.5 Å². The number of esters is 2. The van der Waals surface area contributed by atoms with Gasteiger partial charge in [-0.1, -0.05) is 54.3 Å². The van der Waals surface area contributed by atoms with Crippen LogP contribution in [0.3, 0.4) is 0 Å². The van der Waals surface area contributed by atoms with Crippen LogP contribution in [-0.4, -0.2) is 44.7 Å². The zero-order chi connectivity index (χ0) is 33.5. The lowest BCUT2D eigenvalue weighted by atomic mass is 9.80. The molecule has 1 aliphatic heterocycles. The van der Waals surface area contributed by atoms with Crippen molar-refractivity contribution >= 4 is 28.8 Å². The van der Waals surface area contributed by atoms with Gasteiger partial charge < -0.3 is 14.8 Å². The molecular formula is C39H35N5O4. The molecule has 0 fully saturated rings. The maximum Gasteiger partial charge on any atom is 0.337 e. The highest BCUT2D eigenvalue weighted by Gasteiger charge is 2.38. The summed E-state index contributed by atoms with van der Waals surface area (Å²) in [4.78, 5) is 40.6. The molecule has 48 heavy (non-hydrogen) atoms. The van der Waals surface area contributed by atoms with Crippen LogP contribution in [-0.2, 0) is 25.5 Å². The fraction of sp³-hybridized carbons (Fsp3) is 0.205. The maximum atomic E-state index is 13.8. The number of hydrogen-bond donors (Lipinski definition) is 1. The van der Waals surface area contributed by atoms with Crippen LogP contribution in [0.15, 0.2) is 114 Å². The highest BCUT2D eigenvalue weighted by Crippen LogP contribution is 2.38. The number of fused-ring (bicyclic) bond motifs is 1. The van der Waals surface area contributed by atoms with E-state index in [2.05, 4.69) is 32.1 Å². The first kappa shape index (κ1) is 32.0. The van der Waals surface area contributed by atoms with Crippen molar-refractivity contribution in [2.45, 2.75) is 33.6 Å². The Bertz CT molecular complexity index is 2070. The summed E-state index contributed by atoms with van der Waals surface area (Å²) in [6, 6.07) is 25.4. The topological polar surface area (TPSA) is 108 Å². The monoisotopic (exact) mass is 637 g/mol. The number of carbonyl (C=O) groups is 2. The second-order valence-corrected chi connectivity index (χ2v) is 11.3. The van der Waals surface area contributed by atoms with Gasteiger partial charge in [-0.15, -0.1) is 0 Å². The van der Waals surface area contributed by atoms with E-state index in [1.165, 1.54) is 0 Å². The second-order valence-electron chi connectivity index (χ2n) is 11.3. The first-order valence-electron chi connectivity index (χ1n) is 15.8. The molecule has 0 spiro atoms. The number of pyridine rings is 2. The summed E-state index contributed by atoms with van der Waals surface area (Å²) in [5.41, 5.74) is 7.04. The van der Waals surface area contributed by atoms with Gasteiger partial charge in [0, 0.05) is 41.5 Å². The molecule has 5 aromatic rings. The smallest absolute Gasteiger partial charge is 0.337 e. The zero-order valence-corrected chi connectivity index (χ0v) is 27.1. The van der Waals surface area contributed by atoms with E-state index in [4.69, 9.17) is 9.47 Å². The molecular weight excluding hydrogens is 602 g/mol. The molecule has 6 rings (SSSR count). The molecule has 0 saturated heterocycles. The Hall–Kier alpha value is -6.01. The molecule has 0 bridgehead atoms. The average molecular weight is 638 g/mol. The predicted octanol–water partition coefficient (Wildman–Crippen LogP) is 6.12. The predicted molar refractivity (Wildman–Crippen MR) is 183 cm³/mol. The number of nitrogens with one attached hydrogen (secondary N) is 1. The molecule has 0 amide bonds. The second kappa shape index (κ2) is 14.6. The van der Waals surface area contributed by atoms with Crippen molar-refractivity contribution in [1.82, 2.24) is 24.8 Å². The number of imidazole rings is 1. The van der Waals surface area contributed by atoms with Crippen LogP contribution in [0, 0.1) is 24.7 Å². The Labute approximate surface area is 279 Å². The van der Waals surface area contributed by atoms with Gasteiger partial charge in [0.15, 0.2) is 12.3 Å². The standard InChI is InChI=1S/C39H35N5O4/c1-4-47-39(46)35-32(21-16-28-11-6-5-7-12-28)34(38(45)48-24-10-14-29-13-8-22-40-25-29)26(2)42-36(35)30-17-19-31(20-18-30)44-27(3)43-37-33(44)15-9-23-41-37/h5-9,11-13,15,17-20,22-23,25,32,42H,4,16,21,24H2,1-3H3. The zero-order valence-electron chi connectivity index (χ0n) is 27.1. The molecule has 9 nitrogen and oxygen atoms in total. The Kier molecular flexibility index (Phi) is 9.72. The van der Waals surface area contributed by atoms with Gasteiger partial charge in [-0.25, -0.2) is 19.6 Å². The van der Waals surface area contributed by atoms with Gasteiger partial charge in [0.25, 0.3) is 0 Å². The van der Waals surface area contributed by atoms with Crippen LogP contribution in [0.1, 0.15) is 42.8 Å². The van der Waals surface area contributed by atoms with Crippen LogP contribution in [0.2, 0.25) is 0 Å². The summed E-state index contributed by atoms with van der Waals surface area (Å²) in [5.74, 6) is 5.04. The number of ether oxygens (including phenoxy) is 2. The van der Waals surface area contributed by atoms with Gasteiger partial charge in [-0.2, -0.15) is 0 Å². The lowest BCUT2D eigenvalue weighted by molar-refractivity contribution is -0.139. The van der Waals surface area contributed by atoms with E-state index in [0.29, 0.717) is 41.0 Å². The molecule has 0 radical (unpaired) electrons. The summed E-state index contributed by atoms with van der Waals surface area (Å²) in [6.07, 6.45) is 6.16. The normalized spacial score (nSPS) is 14.3. The van der Waals surface area contributed by atoms with Gasteiger partial charge in [-0.3, -0.25) is 9.55 Å². The van der Waals surface area contributed by atoms with Crippen LogP contribution >= 0.6 is 0 Å². The number of allylic oxidation sites excluding steroid dienone is 1. The lowest BCUT2D eigenvalue weighted by Crippen LogP contribution is -2.34. The van der Waals surface area contributed by atoms with Crippen molar-refractivity contribution < 1.29 is 19.1 Å². The van der Waals surface area contributed by atoms with Gasteiger partial charge in [0.05, 0.1) is 29.0 Å². The number of aryl methyl sites for hydroxylation is 2. The van der Waals surface area contributed by atoms with Crippen molar-refractivity contribution in [1.29, 1.82) is 0 Å². The number of aromatic nitrogens is 4. The molecule has 1 atom stereocenters. The molecule has 0 aliphatic carbocycles. The lowest BCUT2D eigenvalue weighted by Gasteiger charge is -2.31. The fourth-order valence-electron chi connectivity index (χ4n) is 6.01. The van der Waals surface area contributed by atoms with E-state index in [-0.39, 0.29) is 13.2 Å². The SMILES string of the molecule is CCOC(=O)C1=C(c2ccc(-n3c(C)nc4ncccc43)cc2)NC(C)=C(C(=O)OCC#Cc2cccnc2)C1CCc1ccccc1. The minimum Gasteiger partial charge on any atom is -0.463 e. The quantitative estimate of drug-likeness (QED) is 0.152. The van der Waals surface area contributed by atoms with Crippen LogP contribution < -0.4 is 5.32 Å². The first-order chi connectivity index (χ1) is 23.4. The molecule has 1 N–H and O–H groups in total. The Balaban J connectivity index is 1.36. The van der Waals surface area contributed by atoms with E-state index in [0.717, 1.165) is 33.7 Å². The highest BCUT2D eigenvalue weighted by atomic mass is 16.5. The molecule has 240 valence electrons. The highest BCUT2D eigenvalue weighted by molar-refractivity contribution is 6.03. The summed E-state index contributed by atoms with van der Waals surface area (Å²) < 4.78 is 13.3. The molecule has 9 heteroatoms. The molecule has 0 saturated carbocycles.